The second kappa shape index (κ2) is 5.69. The fraction of sp³-hybridized carbons (Fsp3) is 0.462. The minimum absolute atomic E-state index is 0.381. The van der Waals surface area contributed by atoms with E-state index in [-0.39, 0.29) is 0 Å². The first kappa shape index (κ1) is 14.9. The van der Waals surface area contributed by atoms with Crippen molar-refractivity contribution < 1.29 is 19.4 Å². The van der Waals surface area contributed by atoms with E-state index in [1.54, 1.807) is 39.1 Å². The smallest absolute Gasteiger partial charge is 0.415 e. The van der Waals surface area contributed by atoms with Gasteiger partial charge in [0.05, 0.1) is 11.9 Å². The summed E-state index contributed by atoms with van der Waals surface area (Å²) in [7, 11) is 0. The Morgan fingerprint density at radius 1 is 1.42 bits per heavy atom. The molecule has 1 atom stereocenters. The van der Waals surface area contributed by atoms with Crippen molar-refractivity contribution in [2.24, 2.45) is 0 Å². The number of carbonyl (C=O) groups is 2. The molecule has 1 N–H and O–H groups in total. The molecule has 0 aromatic carbocycles. The van der Waals surface area contributed by atoms with Crippen molar-refractivity contribution in [3.63, 3.8) is 0 Å². The Kier molecular flexibility index (Phi) is 4.47. The van der Waals surface area contributed by atoms with E-state index in [9.17, 15) is 9.59 Å². The van der Waals surface area contributed by atoms with Crippen LogP contribution in [0.1, 0.15) is 27.7 Å². The number of hydrogen-bond donors (Lipinski definition) is 1. The lowest BCUT2D eigenvalue weighted by molar-refractivity contribution is -0.138. The number of hydrogen-bond acceptors (Lipinski definition) is 4. The Bertz CT molecular complexity index is 453. The lowest BCUT2D eigenvalue weighted by atomic mass is 10.2. The number of nitrogens with zero attached hydrogens (tertiary/aromatic N) is 2. The third-order valence-corrected chi connectivity index (χ3v) is 2.26. The lowest BCUT2D eigenvalue weighted by Crippen LogP contribution is -2.46. The Balaban J connectivity index is 3.07. The molecule has 6 heteroatoms. The second-order valence-electron chi connectivity index (χ2n) is 5.08. The van der Waals surface area contributed by atoms with E-state index in [1.807, 2.05) is 0 Å². The van der Waals surface area contributed by atoms with Crippen molar-refractivity contribution in [3.05, 3.63) is 24.5 Å². The third-order valence-electron chi connectivity index (χ3n) is 2.26. The highest BCUT2D eigenvalue weighted by molar-refractivity contribution is 5.94. The summed E-state index contributed by atoms with van der Waals surface area (Å²) in [4.78, 5) is 28.2. The van der Waals surface area contributed by atoms with Gasteiger partial charge in [-0.1, -0.05) is 0 Å². The monoisotopic (exact) mass is 266 g/mol. The number of ether oxygens (including phenoxy) is 1. The molecule has 1 amide bonds. The largest absolute Gasteiger partial charge is 0.480 e. The first-order valence-electron chi connectivity index (χ1n) is 5.87. The number of carboxylic acid groups (broad SMARTS) is 1. The van der Waals surface area contributed by atoms with Crippen molar-refractivity contribution in [2.75, 3.05) is 4.90 Å². The van der Waals surface area contributed by atoms with Crippen LogP contribution in [0.2, 0.25) is 0 Å². The Morgan fingerprint density at radius 2 is 2.05 bits per heavy atom. The van der Waals surface area contributed by atoms with E-state index in [4.69, 9.17) is 9.84 Å². The van der Waals surface area contributed by atoms with Gasteiger partial charge in [0.2, 0.25) is 0 Å². The molecule has 0 unspecified atom stereocenters. The summed E-state index contributed by atoms with van der Waals surface area (Å²) in [6.45, 7) is 6.58. The summed E-state index contributed by atoms with van der Waals surface area (Å²) >= 11 is 0. The molecule has 0 fully saturated rings. The Labute approximate surface area is 112 Å². The van der Waals surface area contributed by atoms with Crippen molar-refractivity contribution in [3.8, 4) is 0 Å². The topological polar surface area (TPSA) is 79.7 Å². The predicted octanol–water partition coefficient (Wildman–Crippen LogP) is 2.30. The van der Waals surface area contributed by atoms with Crippen LogP contribution < -0.4 is 4.90 Å². The maximum atomic E-state index is 12.1. The van der Waals surface area contributed by atoms with Gasteiger partial charge in [-0.25, -0.2) is 9.59 Å². The zero-order valence-corrected chi connectivity index (χ0v) is 11.5. The average Bonchev–Trinajstić information content (AvgIpc) is 2.28. The fourth-order valence-corrected chi connectivity index (χ4v) is 1.40. The highest BCUT2D eigenvalue weighted by Crippen LogP contribution is 2.19. The van der Waals surface area contributed by atoms with E-state index in [0.29, 0.717) is 5.69 Å². The van der Waals surface area contributed by atoms with Crippen LogP contribution in [-0.4, -0.2) is 33.8 Å². The molecule has 0 aliphatic rings. The van der Waals surface area contributed by atoms with Gasteiger partial charge in [-0.15, -0.1) is 0 Å². The molecule has 0 radical (unpaired) electrons. The van der Waals surface area contributed by atoms with E-state index in [0.717, 1.165) is 4.90 Å². The van der Waals surface area contributed by atoms with Gasteiger partial charge in [0.25, 0.3) is 0 Å². The minimum atomic E-state index is -1.12. The molecular weight excluding hydrogens is 248 g/mol. The van der Waals surface area contributed by atoms with Crippen LogP contribution in [0, 0.1) is 0 Å². The van der Waals surface area contributed by atoms with Crippen molar-refractivity contribution in [2.45, 2.75) is 39.3 Å². The van der Waals surface area contributed by atoms with Crippen molar-refractivity contribution in [1.29, 1.82) is 0 Å². The molecule has 1 rings (SSSR count). The lowest BCUT2D eigenvalue weighted by Gasteiger charge is -2.29. The van der Waals surface area contributed by atoms with Gasteiger partial charge in [0.1, 0.15) is 11.6 Å². The van der Waals surface area contributed by atoms with Crippen molar-refractivity contribution in [1.82, 2.24) is 4.98 Å². The molecule has 0 aliphatic heterocycles. The Morgan fingerprint density at radius 3 is 2.47 bits per heavy atom. The van der Waals surface area contributed by atoms with Crippen LogP contribution in [0.5, 0.6) is 0 Å². The average molecular weight is 266 g/mol. The first-order valence-corrected chi connectivity index (χ1v) is 5.87. The quantitative estimate of drug-likeness (QED) is 0.908. The highest BCUT2D eigenvalue weighted by Gasteiger charge is 2.31. The van der Waals surface area contributed by atoms with E-state index in [1.165, 1.54) is 13.1 Å². The highest BCUT2D eigenvalue weighted by atomic mass is 16.6. The van der Waals surface area contributed by atoms with Gasteiger partial charge < -0.3 is 9.84 Å². The summed E-state index contributed by atoms with van der Waals surface area (Å²) in [5, 5.41) is 9.09. The van der Waals surface area contributed by atoms with E-state index < -0.39 is 23.7 Å². The number of amides is 1. The van der Waals surface area contributed by atoms with E-state index in [2.05, 4.69) is 4.98 Å². The van der Waals surface area contributed by atoms with Crippen LogP contribution in [0.15, 0.2) is 24.5 Å². The predicted molar refractivity (Wildman–Crippen MR) is 70.0 cm³/mol. The molecule has 0 spiro atoms. The van der Waals surface area contributed by atoms with Crippen LogP contribution in [0.3, 0.4) is 0 Å². The molecule has 6 nitrogen and oxygen atoms in total. The number of pyridine rings is 1. The molecule has 1 aromatic rings. The summed E-state index contributed by atoms with van der Waals surface area (Å²) in [5.74, 6) is -1.12. The normalized spacial score (nSPS) is 12.6. The molecule has 0 saturated heterocycles. The maximum Gasteiger partial charge on any atom is 0.415 e. The molecule has 0 bridgehead atoms. The number of rotatable bonds is 3. The number of aromatic nitrogens is 1. The fourth-order valence-electron chi connectivity index (χ4n) is 1.40. The van der Waals surface area contributed by atoms with Gasteiger partial charge in [0, 0.05) is 6.20 Å². The molecular formula is C13H18N2O4. The molecule has 19 heavy (non-hydrogen) atoms. The zero-order valence-electron chi connectivity index (χ0n) is 11.5. The molecule has 0 aliphatic carbocycles. The summed E-state index contributed by atoms with van der Waals surface area (Å²) in [6.07, 6.45) is 2.25. The summed E-state index contributed by atoms with van der Waals surface area (Å²) in [6, 6.07) is 2.19. The van der Waals surface area contributed by atoms with Crippen LogP contribution in [0.4, 0.5) is 10.5 Å². The third kappa shape index (κ3) is 4.24. The summed E-state index contributed by atoms with van der Waals surface area (Å²) in [5.41, 5.74) is -0.317. The van der Waals surface area contributed by atoms with Gasteiger partial charge in [-0.3, -0.25) is 9.88 Å². The zero-order chi connectivity index (χ0) is 14.6. The van der Waals surface area contributed by atoms with Crippen LogP contribution >= 0.6 is 0 Å². The standard InChI is InChI=1S/C13H18N2O4/c1-9(11(16)17)15(10-6-5-7-14-8-10)12(18)19-13(2,3)4/h5-9H,1-4H3,(H,16,17)/t9-/m0/s1. The SMILES string of the molecule is C[C@@H](C(=O)O)N(C(=O)OC(C)(C)C)c1cccnc1. The van der Waals surface area contributed by atoms with Gasteiger partial charge >= 0.3 is 12.1 Å². The van der Waals surface area contributed by atoms with Crippen molar-refractivity contribution >= 4 is 17.7 Å². The molecule has 1 heterocycles. The molecule has 0 saturated carbocycles. The molecule has 104 valence electrons. The summed E-state index contributed by atoms with van der Waals surface area (Å²) < 4.78 is 5.22. The Hall–Kier alpha value is -2.11. The first-order chi connectivity index (χ1) is 8.72. The second-order valence-corrected chi connectivity index (χ2v) is 5.08. The van der Waals surface area contributed by atoms with Crippen LogP contribution in [-0.2, 0) is 9.53 Å². The number of carbonyl (C=O) groups excluding carboxylic acids is 1. The van der Waals surface area contributed by atoms with Gasteiger partial charge in [-0.05, 0) is 39.8 Å². The number of anilines is 1. The molecule has 1 aromatic heterocycles. The van der Waals surface area contributed by atoms with E-state index >= 15 is 0 Å². The van der Waals surface area contributed by atoms with Gasteiger partial charge in [-0.2, -0.15) is 0 Å². The van der Waals surface area contributed by atoms with Crippen LogP contribution in [0.25, 0.3) is 0 Å². The number of aliphatic carboxylic acids is 1. The minimum Gasteiger partial charge on any atom is -0.480 e. The maximum absolute atomic E-state index is 12.1. The number of carboxylic acids is 1. The van der Waals surface area contributed by atoms with Gasteiger partial charge in [0.15, 0.2) is 0 Å².